The molecule has 0 unspecified atom stereocenters. The molecule has 0 spiro atoms. The molecule has 3 N–H and O–H groups in total. The highest BCUT2D eigenvalue weighted by molar-refractivity contribution is 5.49. The topological polar surface area (TPSA) is 71.1 Å². The minimum Gasteiger partial charge on any atom is -0.468 e. The van der Waals surface area contributed by atoms with Gasteiger partial charge in [-0.05, 0) is 13.0 Å². The number of para-hydroxylation sites is 1. The average molecular weight is 227 g/mol. The van der Waals surface area contributed by atoms with Crippen molar-refractivity contribution in [3.63, 3.8) is 0 Å². The second-order valence-electron chi connectivity index (χ2n) is 4.69. The van der Waals surface area contributed by atoms with Crippen LogP contribution >= 0.6 is 0 Å². The van der Waals surface area contributed by atoms with Gasteiger partial charge in [0.05, 0.1) is 11.6 Å². The van der Waals surface area contributed by atoms with Gasteiger partial charge in [0.25, 0.3) is 0 Å². The van der Waals surface area contributed by atoms with E-state index in [4.69, 9.17) is 10.5 Å². The molecule has 0 saturated carbocycles. The summed E-state index contributed by atoms with van der Waals surface area (Å²) in [5, 5.41) is 12.3. The van der Waals surface area contributed by atoms with E-state index in [1.54, 1.807) is 0 Å². The predicted molar refractivity (Wildman–Crippen MR) is 62.8 cm³/mol. The van der Waals surface area contributed by atoms with Crippen LogP contribution in [0.15, 0.2) is 35.7 Å². The first-order valence-electron chi connectivity index (χ1n) is 5.59. The van der Waals surface area contributed by atoms with E-state index in [0.717, 1.165) is 17.7 Å². The van der Waals surface area contributed by atoms with Crippen LogP contribution in [-0.2, 0) is 0 Å². The molecule has 3 rings (SSSR count). The Kier molecular flexibility index (Phi) is 1.87. The maximum Gasteiger partial charge on any atom is 0.179 e. The van der Waals surface area contributed by atoms with E-state index in [0.29, 0.717) is 11.4 Å². The van der Waals surface area contributed by atoms with Crippen LogP contribution in [0.5, 0.6) is 5.75 Å². The maximum absolute atomic E-state index is 9.21. The Labute approximate surface area is 99.7 Å². The number of allylic oxidation sites excluding steroid dienone is 1. The second-order valence-corrected chi connectivity index (χ2v) is 4.69. The molecule has 0 aliphatic carbocycles. The summed E-state index contributed by atoms with van der Waals surface area (Å²) in [7, 11) is 0. The number of nitriles is 1. The number of nitrogens with one attached hydrogen (secondary N) is 1. The fourth-order valence-electron chi connectivity index (χ4n) is 2.66. The molecule has 1 aromatic carbocycles. The van der Waals surface area contributed by atoms with Crippen molar-refractivity contribution in [2.75, 3.05) is 0 Å². The van der Waals surface area contributed by atoms with Crippen LogP contribution in [-0.4, -0.2) is 5.72 Å². The molecule has 4 nitrogen and oxygen atoms in total. The number of ether oxygens (including phenoxy) is 1. The molecule has 4 heteroatoms. The molecular weight excluding hydrogens is 214 g/mol. The molecule has 0 amide bonds. The molecule has 0 radical (unpaired) electrons. The number of hydrogen-bond acceptors (Lipinski definition) is 4. The number of fused-ring (bicyclic) bond motifs is 4. The Balaban J connectivity index is 2.21. The van der Waals surface area contributed by atoms with Crippen molar-refractivity contribution in [3.8, 4) is 11.8 Å². The van der Waals surface area contributed by atoms with Gasteiger partial charge < -0.3 is 15.8 Å². The monoisotopic (exact) mass is 227 g/mol. The first-order valence-corrected chi connectivity index (χ1v) is 5.59. The summed E-state index contributed by atoms with van der Waals surface area (Å²) in [6, 6.07) is 10.0. The van der Waals surface area contributed by atoms with Crippen LogP contribution in [0.1, 0.15) is 24.8 Å². The van der Waals surface area contributed by atoms with Crippen LogP contribution in [0, 0.1) is 11.3 Å². The summed E-state index contributed by atoms with van der Waals surface area (Å²) >= 11 is 0. The van der Waals surface area contributed by atoms with Crippen LogP contribution < -0.4 is 15.8 Å². The minimum atomic E-state index is -0.510. The van der Waals surface area contributed by atoms with E-state index in [1.807, 2.05) is 31.2 Å². The zero-order valence-electron chi connectivity index (χ0n) is 9.53. The normalized spacial score (nSPS) is 29.8. The average Bonchev–Trinajstić information content (AvgIpc) is 2.28. The first-order chi connectivity index (χ1) is 8.13. The molecule has 2 aliphatic rings. The van der Waals surface area contributed by atoms with Crippen molar-refractivity contribution >= 4 is 0 Å². The fourth-order valence-corrected chi connectivity index (χ4v) is 2.66. The van der Waals surface area contributed by atoms with Gasteiger partial charge in [0, 0.05) is 17.9 Å². The number of nitrogens with zero attached hydrogens (tertiary/aromatic N) is 1. The van der Waals surface area contributed by atoms with Crippen LogP contribution in [0.3, 0.4) is 0 Å². The Morgan fingerprint density at radius 2 is 2.29 bits per heavy atom. The lowest BCUT2D eigenvalue weighted by Gasteiger charge is -2.44. The van der Waals surface area contributed by atoms with Gasteiger partial charge >= 0.3 is 0 Å². The Morgan fingerprint density at radius 3 is 3.06 bits per heavy atom. The van der Waals surface area contributed by atoms with Crippen molar-refractivity contribution in [2.45, 2.75) is 25.0 Å². The summed E-state index contributed by atoms with van der Waals surface area (Å²) in [6.45, 7) is 1.96. The van der Waals surface area contributed by atoms with Crippen molar-refractivity contribution < 1.29 is 4.74 Å². The maximum atomic E-state index is 9.21. The lowest BCUT2D eigenvalue weighted by atomic mass is 9.80. The summed E-state index contributed by atoms with van der Waals surface area (Å²) in [5.41, 5.74) is 7.03. The summed E-state index contributed by atoms with van der Waals surface area (Å²) in [6.07, 6.45) is 0.730. The Hall–Kier alpha value is -2.15. The van der Waals surface area contributed by atoms with Gasteiger partial charge in [0.2, 0.25) is 0 Å². The standard InChI is InChI=1S/C13H13N3O/c1-13-6-9(10(7-14)12(15)16-13)8-4-2-3-5-11(8)17-13/h2-5,9,16H,6,15H2,1H3/t9-,13-/m1/s1. The number of benzene rings is 1. The SMILES string of the molecule is C[C@@]12C[C@@H](C(C#N)=C(N)N1)c1ccccc1O2. The summed E-state index contributed by atoms with van der Waals surface area (Å²) < 4.78 is 5.92. The lowest BCUT2D eigenvalue weighted by Crippen LogP contribution is -2.55. The van der Waals surface area contributed by atoms with Crippen molar-refractivity contribution in [3.05, 3.63) is 41.2 Å². The first kappa shape index (κ1) is 10.0. The van der Waals surface area contributed by atoms with Gasteiger partial charge in [-0.2, -0.15) is 5.26 Å². The van der Waals surface area contributed by atoms with Crippen LogP contribution in [0.2, 0.25) is 0 Å². The van der Waals surface area contributed by atoms with Gasteiger partial charge in [-0.3, -0.25) is 0 Å². The quantitative estimate of drug-likeness (QED) is 0.705. The second kappa shape index (κ2) is 3.17. The van der Waals surface area contributed by atoms with E-state index >= 15 is 0 Å². The molecule has 2 aliphatic heterocycles. The minimum absolute atomic E-state index is 0.0381. The van der Waals surface area contributed by atoms with Crippen LogP contribution in [0.25, 0.3) is 0 Å². The molecule has 17 heavy (non-hydrogen) atoms. The fraction of sp³-hybridized carbons (Fsp3) is 0.308. The molecule has 2 atom stereocenters. The molecular formula is C13H13N3O. The molecule has 2 bridgehead atoms. The third-order valence-electron chi connectivity index (χ3n) is 3.38. The van der Waals surface area contributed by atoms with E-state index in [2.05, 4.69) is 11.4 Å². The van der Waals surface area contributed by atoms with Crippen LogP contribution in [0.4, 0.5) is 0 Å². The molecule has 1 aromatic rings. The zero-order valence-corrected chi connectivity index (χ0v) is 9.53. The lowest BCUT2D eigenvalue weighted by molar-refractivity contribution is 0.0256. The van der Waals surface area contributed by atoms with E-state index in [1.165, 1.54) is 0 Å². The molecule has 0 saturated heterocycles. The van der Waals surface area contributed by atoms with E-state index < -0.39 is 5.72 Å². The molecule has 0 fully saturated rings. The number of hydrogen-bond donors (Lipinski definition) is 2. The number of rotatable bonds is 0. The smallest absolute Gasteiger partial charge is 0.179 e. The van der Waals surface area contributed by atoms with Crippen molar-refractivity contribution in [2.24, 2.45) is 5.73 Å². The zero-order chi connectivity index (χ0) is 12.0. The van der Waals surface area contributed by atoms with Crippen molar-refractivity contribution in [1.29, 1.82) is 5.26 Å². The third kappa shape index (κ3) is 1.36. The van der Waals surface area contributed by atoms with Gasteiger partial charge in [-0.1, -0.05) is 18.2 Å². The highest BCUT2D eigenvalue weighted by Gasteiger charge is 2.43. The molecule has 86 valence electrons. The van der Waals surface area contributed by atoms with E-state index in [9.17, 15) is 5.26 Å². The van der Waals surface area contributed by atoms with Gasteiger partial charge in [-0.15, -0.1) is 0 Å². The van der Waals surface area contributed by atoms with Crippen molar-refractivity contribution in [1.82, 2.24) is 5.32 Å². The number of nitrogens with two attached hydrogens (primary N) is 1. The Bertz CT molecular complexity index is 558. The highest BCUT2D eigenvalue weighted by atomic mass is 16.5. The highest BCUT2D eigenvalue weighted by Crippen LogP contribution is 2.46. The predicted octanol–water partition coefficient (Wildman–Crippen LogP) is 1.57. The van der Waals surface area contributed by atoms with E-state index in [-0.39, 0.29) is 5.92 Å². The van der Waals surface area contributed by atoms with Gasteiger partial charge in [0.1, 0.15) is 11.6 Å². The summed E-state index contributed by atoms with van der Waals surface area (Å²) in [4.78, 5) is 0. The third-order valence-corrected chi connectivity index (χ3v) is 3.38. The Morgan fingerprint density at radius 1 is 1.53 bits per heavy atom. The molecule has 2 heterocycles. The largest absolute Gasteiger partial charge is 0.468 e. The van der Waals surface area contributed by atoms with Gasteiger partial charge in [0.15, 0.2) is 5.72 Å². The van der Waals surface area contributed by atoms with Gasteiger partial charge in [-0.25, -0.2) is 0 Å². The summed E-state index contributed by atoms with van der Waals surface area (Å²) in [5.74, 6) is 1.30. The molecule has 0 aromatic heterocycles.